The van der Waals surface area contributed by atoms with Crippen LogP contribution in [0.15, 0.2) is 0 Å². The average molecular weight is 1490 g/mol. The summed E-state index contributed by atoms with van der Waals surface area (Å²) in [6.45, 7) is 7.37. The van der Waals surface area contributed by atoms with Crippen molar-refractivity contribution >= 4 is 39.5 Å². The third-order valence-electron chi connectivity index (χ3n) is 19.5. The van der Waals surface area contributed by atoms with Gasteiger partial charge >= 0.3 is 39.5 Å². The van der Waals surface area contributed by atoms with Gasteiger partial charge in [0, 0.05) is 25.7 Å². The smallest absolute Gasteiger partial charge is 0.462 e. The first-order valence-corrected chi connectivity index (χ1v) is 46.1. The highest BCUT2D eigenvalue weighted by atomic mass is 31.2. The van der Waals surface area contributed by atoms with Gasteiger partial charge < -0.3 is 33.8 Å². The normalized spacial score (nSPS) is 13.8. The Morgan fingerprint density at radius 3 is 0.667 bits per heavy atom. The zero-order valence-electron chi connectivity index (χ0n) is 66.8. The molecular weight excluding hydrogens is 1330 g/mol. The number of unbranched alkanes of at least 4 members (excludes halogenated alkanes) is 55. The first-order valence-electron chi connectivity index (χ1n) is 43.1. The summed E-state index contributed by atoms with van der Waals surface area (Å²) < 4.78 is 68.8. The molecule has 17 nitrogen and oxygen atoms in total. The molecule has 0 radical (unpaired) electrons. The molecule has 0 spiro atoms. The van der Waals surface area contributed by atoms with Crippen molar-refractivity contribution in [3.8, 4) is 0 Å². The van der Waals surface area contributed by atoms with Gasteiger partial charge in [-0.05, 0) is 31.6 Å². The van der Waals surface area contributed by atoms with Crippen LogP contribution in [-0.4, -0.2) is 96.7 Å². The van der Waals surface area contributed by atoms with Gasteiger partial charge in [0.25, 0.3) is 0 Å². The molecule has 5 atom stereocenters. The molecule has 0 aliphatic heterocycles. The number of esters is 4. The topological polar surface area (TPSA) is 237 Å². The van der Waals surface area contributed by atoms with Gasteiger partial charge in [-0.3, -0.25) is 37.3 Å². The largest absolute Gasteiger partial charge is 0.472 e. The maximum atomic E-state index is 13.1. The fraction of sp³-hybridized carbons (Fsp3) is 0.952. The van der Waals surface area contributed by atoms with Crippen molar-refractivity contribution in [1.29, 1.82) is 0 Å². The molecule has 0 aromatic heterocycles. The second-order valence-electron chi connectivity index (χ2n) is 30.3. The van der Waals surface area contributed by atoms with Crippen LogP contribution < -0.4 is 0 Å². The minimum absolute atomic E-state index is 0.109. The number of ether oxygens (including phenoxy) is 4. The van der Waals surface area contributed by atoms with E-state index in [1.54, 1.807) is 0 Å². The van der Waals surface area contributed by atoms with E-state index in [4.69, 9.17) is 37.0 Å². The molecule has 0 bridgehead atoms. The third-order valence-corrected chi connectivity index (χ3v) is 21.4. The molecule has 0 amide bonds. The monoisotopic (exact) mass is 1490 g/mol. The van der Waals surface area contributed by atoms with E-state index in [0.29, 0.717) is 25.7 Å². The molecule has 606 valence electrons. The van der Waals surface area contributed by atoms with Crippen LogP contribution in [0.1, 0.15) is 446 Å². The molecule has 0 saturated carbocycles. The number of carbonyl (C=O) groups is 4. The van der Waals surface area contributed by atoms with E-state index in [1.165, 1.54) is 270 Å². The zero-order valence-corrected chi connectivity index (χ0v) is 68.5. The van der Waals surface area contributed by atoms with Gasteiger partial charge in [0.2, 0.25) is 0 Å². The summed E-state index contributed by atoms with van der Waals surface area (Å²) in [5, 5.41) is 10.7. The average Bonchev–Trinajstić information content (AvgIpc) is 0.911. The molecular formula is C83H162O17P2. The number of rotatable bonds is 83. The lowest BCUT2D eigenvalue weighted by atomic mass is 10.0. The molecule has 0 aromatic rings. The Bertz CT molecular complexity index is 1940. The number of hydrogen-bond donors (Lipinski definition) is 3. The highest BCUT2D eigenvalue weighted by molar-refractivity contribution is 7.47. The van der Waals surface area contributed by atoms with E-state index in [2.05, 4.69) is 34.6 Å². The second-order valence-corrected chi connectivity index (χ2v) is 33.3. The molecule has 3 N–H and O–H groups in total. The highest BCUT2D eigenvalue weighted by Gasteiger charge is 2.30. The standard InChI is InChI=1S/C83H162O17P2/c1-6-9-12-15-18-21-24-27-29-30-31-32-33-34-38-44-49-54-59-64-69-83(88)100-79(73-94-81(86)67-62-57-52-47-42-39-35-36-40-45-50-55-60-65-76(4)5)75-98-102(91,92)96-71-77(84)70-95-101(89,90)97-74-78(72-93-80(85)66-61-56-51-46-41-26-23-20-17-14-11-8-3)99-82(87)68-63-58-53-48-43-37-28-25-22-19-16-13-10-7-2/h76-79,84H,6-75H2,1-5H3,(H,89,90)(H,91,92)/t77-,78+,79+/m0/s1. The molecule has 0 aromatic carbocycles. The first-order chi connectivity index (χ1) is 49.5. The van der Waals surface area contributed by atoms with Crippen LogP contribution in [0.4, 0.5) is 0 Å². The number of hydrogen-bond acceptors (Lipinski definition) is 15. The van der Waals surface area contributed by atoms with Crippen LogP contribution in [0.3, 0.4) is 0 Å². The van der Waals surface area contributed by atoms with Crippen molar-refractivity contribution in [1.82, 2.24) is 0 Å². The predicted molar refractivity (Wildman–Crippen MR) is 418 cm³/mol. The van der Waals surface area contributed by atoms with Gasteiger partial charge in [0.05, 0.1) is 26.4 Å². The van der Waals surface area contributed by atoms with E-state index >= 15 is 0 Å². The van der Waals surface area contributed by atoms with Crippen LogP contribution in [0, 0.1) is 5.92 Å². The summed E-state index contributed by atoms with van der Waals surface area (Å²) in [6.07, 6.45) is 67.9. The Labute approximate surface area is 626 Å². The lowest BCUT2D eigenvalue weighted by molar-refractivity contribution is -0.161. The zero-order chi connectivity index (χ0) is 74.8. The Kier molecular flexibility index (Phi) is 74.4. The molecule has 0 heterocycles. The van der Waals surface area contributed by atoms with E-state index in [-0.39, 0.29) is 25.7 Å². The van der Waals surface area contributed by atoms with Crippen molar-refractivity contribution < 1.29 is 80.2 Å². The van der Waals surface area contributed by atoms with Crippen molar-refractivity contribution in [2.45, 2.75) is 464 Å². The summed E-state index contributed by atoms with van der Waals surface area (Å²) in [4.78, 5) is 73.1. The van der Waals surface area contributed by atoms with Crippen LogP contribution in [0.2, 0.25) is 0 Å². The molecule has 0 saturated heterocycles. The van der Waals surface area contributed by atoms with Crippen molar-refractivity contribution in [2.24, 2.45) is 5.92 Å². The predicted octanol–water partition coefficient (Wildman–Crippen LogP) is 25.2. The Hall–Kier alpha value is -1.94. The molecule has 19 heteroatoms. The number of phosphoric ester groups is 2. The summed E-state index contributed by atoms with van der Waals surface area (Å²) in [6, 6.07) is 0. The van der Waals surface area contributed by atoms with Gasteiger partial charge in [-0.1, -0.05) is 394 Å². The number of aliphatic hydroxyl groups is 1. The molecule has 2 unspecified atom stereocenters. The minimum Gasteiger partial charge on any atom is -0.462 e. The molecule has 0 aliphatic carbocycles. The number of phosphoric acid groups is 2. The van der Waals surface area contributed by atoms with E-state index in [0.717, 1.165) is 95.8 Å². The molecule has 0 fully saturated rings. The lowest BCUT2D eigenvalue weighted by Gasteiger charge is -2.21. The SMILES string of the molecule is CCCCCCCCCCCCCCCCCCCCCCC(=O)O[C@H](COC(=O)CCCCCCCCCCCCCCCC(C)C)COP(=O)(O)OC[C@@H](O)COP(=O)(O)OC[C@@H](COC(=O)CCCCCCCCCCCCCC)OC(=O)CCCCCCCCCCCCCCCC. The second kappa shape index (κ2) is 75.9. The fourth-order valence-electron chi connectivity index (χ4n) is 12.9. The third kappa shape index (κ3) is 76.3. The summed E-state index contributed by atoms with van der Waals surface area (Å²) in [5.41, 5.74) is 0. The summed E-state index contributed by atoms with van der Waals surface area (Å²) in [7, 11) is -9.92. The van der Waals surface area contributed by atoms with Crippen LogP contribution >= 0.6 is 15.6 Å². The fourth-order valence-corrected chi connectivity index (χ4v) is 14.5. The van der Waals surface area contributed by atoms with Crippen molar-refractivity contribution in [3.63, 3.8) is 0 Å². The molecule has 102 heavy (non-hydrogen) atoms. The van der Waals surface area contributed by atoms with Gasteiger partial charge in [-0.2, -0.15) is 0 Å². The lowest BCUT2D eigenvalue weighted by Crippen LogP contribution is -2.30. The Balaban J connectivity index is 5.25. The summed E-state index contributed by atoms with van der Waals surface area (Å²) >= 11 is 0. The van der Waals surface area contributed by atoms with Gasteiger partial charge in [-0.15, -0.1) is 0 Å². The van der Waals surface area contributed by atoms with E-state index in [1.807, 2.05) is 0 Å². The van der Waals surface area contributed by atoms with Crippen LogP contribution in [0.25, 0.3) is 0 Å². The molecule has 0 aliphatic rings. The Morgan fingerprint density at radius 2 is 0.451 bits per heavy atom. The minimum atomic E-state index is -4.96. The first kappa shape index (κ1) is 100. The van der Waals surface area contributed by atoms with Gasteiger partial charge in [-0.25, -0.2) is 9.13 Å². The highest BCUT2D eigenvalue weighted by Crippen LogP contribution is 2.45. The molecule has 0 rings (SSSR count). The maximum Gasteiger partial charge on any atom is 0.472 e. The van der Waals surface area contributed by atoms with Gasteiger partial charge in [0.15, 0.2) is 12.2 Å². The quantitative estimate of drug-likeness (QED) is 0.0222. The van der Waals surface area contributed by atoms with E-state index in [9.17, 15) is 43.2 Å². The van der Waals surface area contributed by atoms with Gasteiger partial charge in [0.1, 0.15) is 19.3 Å². The van der Waals surface area contributed by atoms with E-state index < -0.39 is 97.5 Å². The van der Waals surface area contributed by atoms with Crippen molar-refractivity contribution in [2.75, 3.05) is 39.6 Å². The summed E-state index contributed by atoms with van der Waals surface area (Å²) in [5.74, 6) is -1.31. The number of aliphatic hydroxyl groups excluding tert-OH is 1. The van der Waals surface area contributed by atoms with Crippen LogP contribution in [0.5, 0.6) is 0 Å². The number of carbonyl (C=O) groups excluding carboxylic acids is 4. The Morgan fingerprint density at radius 1 is 0.265 bits per heavy atom. The van der Waals surface area contributed by atoms with Crippen molar-refractivity contribution in [3.05, 3.63) is 0 Å². The maximum absolute atomic E-state index is 13.1. The van der Waals surface area contributed by atoms with Crippen LogP contribution in [-0.2, 0) is 65.4 Å².